The average Bonchev–Trinajstić information content (AvgIpc) is 3.31. The maximum absolute atomic E-state index is 12.9. The Balaban J connectivity index is 1.50. The van der Waals surface area contributed by atoms with Gasteiger partial charge in [-0.1, -0.05) is 36.3 Å². The van der Waals surface area contributed by atoms with E-state index >= 15 is 0 Å². The van der Waals surface area contributed by atoms with Crippen LogP contribution in [0.2, 0.25) is 0 Å². The molecular formula is C25H29NO6. The fraction of sp³-hybridized carbons (Fsp3) is 0.480. The summed E-state index contributed by atoms with van der Waals surface area (Å²) in [5.41, 5.74) is 4.53. The van der Waals surface area contributed by atoms with E-state index in [9.17, 15) is 19.5 Å². The molecule has 2 fully saturated rings. The lowest BCUT2D eigenvalue weighted by Gasteiger charge is -2.30. The van der Waals surface area contributed by atoms with E-state index in [0.717, 1.165) is 36.0 Å². The maximum atomic E-state index is 12.9. The first kappa shape index (κ1) is 22.3. The van der Waals surface area contributed by atoms with Gasteiger partial charge < -0.3 is 14.6 Å². The number of phenols is 1. The first-order valence-corrected chi connectivity index (χ1v) is 11.1. The minimum Gasteiger partial charge on any atom is -0.508 e. The standard InChI is InChI=1S/C25H29NO6/c1-4-15(12-16-5-8-17(27)9-6-16)7-10-20-21-14(2)11-18-22(19(21)13-32-20)24(29)26(23(18)28)25(30)31-3/h5-6,8-9,12,18-20,22,27H,4,7,10-11,13H2,1-3H3/b15-12+/t18-,19+,20-,22-/m1/s1. The first-order chi connectivity index (χ1) is 15.3. The summed E-state index contributed by atoms with van der Waals surface area (Å²) in [6.07, 6.45) is 4.15. The van der Waals surface area contributed by atoms with Crippen LogP contribution in [-0.2, 0) is 19.1 Å². The number of hydrogen-bond acceptors (Lipinski definition) is 6. The number of imide groups is 3. The number of carbonyl (C=O) groups excluding carboxylic acids is 3. The molecule has 7 heteroatoms. The third-order valence-corrected chi connectivity index (χ3v) is 6.96. The number of likely N-dealkylation sites (tertiary alicyclic amines) is 1. The number of phenolic OH excluding ortho intramolecular Hbond substituents is 1. The first-order valence-electron chi connectivity index (χ1n) is 11.1. The van der Waals surface area contributed by atoms with E-state index < -0.39 is 29.7 Å². The molecule has 0 unspecified atom stereocenters. The van der Waals surface area contributed by atoms with Crippen LogP contribution < -0.4 is 0 Å². The van der Waals surface area contributed by atoms with Crippen molar-refractivity contribution in [1.29, 1.82) is 0 Å². The molecule has 1 aromatic carbocycles. The SMILES string of the molecule is CC/C(=C\c1ccc(O)cc1)CC[C@H]1OC[C@H]2C1=C(C)C[C@H]1C(=O)N(C(=O)OC)C(=O)[C@H]12. The summed E-state index contributed by atoms with van der Waals surface area (Å²) in [4.78, 5) is 38.3. The van der Waals surface area contributed by atoms with Gasteiger partial charge in [0.1, 0.15) is 5.75 Å². The van der Waals surface area contributed by atoms with Crippen molar-refractivity contribution in [3.05, 3.63) is 46.5 Å². The smallest absolute Gasteiger partial charge is 0.423 e. The van der Waals surface area contributed by atoms with Crippen molar-refractivity contribution in [2.24, 2.45) is 17.8 Å². The number of allylic oxidation sites excluding steroid dienone is 2. The van der Waals surface area contributed by atoms with E-state index in [2.05, 4.69) is 17.7 Å². The summed E-state index contributed by atoms with van der Waals surface area (Å²) in [6, 6.07) is 7.12. The van der Waals surface area contributed by atoms with Gasteiger partial charge in [-0.15, -0.1) is 0 Å². The molecular weight excluding hydrogens is 410 g/mol. The average molecular weight is 440 g/mol. The van der Waals surface area contributed by atoms with E-state index in [1.165, 1.54) is 12.7 Å². The van der Waals surface area contributed by atoms with E-state index in [-0.39, 0.29) is 17.8 Å². The largest absolute Gasteiger partial charge is 0.508 e. The number of nitrogens with zero attached hydrogens (tertiary/aromatic N) is 1. The van der Waals surface area contributed by atoms with Crippen LogP contribution in [0.3, 0.4) is 0 Å². The predicted octanol–water partition coefficient (Wildman–Crippen LogP) is 4.07. The van der Waals surface area contributed by atoms with Gasteiger partial charge in [0.2, 0.25) is 11.8 Å². The lowest BCUT2D eigenvalue weighted by Crippen LogP contribution is -2.37. The van der Waals surface area contributed by atoms with Crippen LogP contribution in [0.15, 0.2) is 41.0 Å². The summed E-state index contributed by atoms with van der Waals surface area (Å²) >= 11 is 0. The number of hydrogen-bond donors (Lipinski definition) is 1. The van der Waals surface area contributed by atoms with E-state index in [0.29, 0.717) is 17.9 Å². The second kappa shape index (κ2) is 8.90. The Morgan fingerprint density at radius 1 is 1.22 bits per heavy atom. The predicted molar refractivity (Wildman–Crippen MR) is 117 cm³/mol. The summed E-state index contributed by atoms with van der Waals surface area (Å²) < 4.78 is 10.8. The van der Waals surface area contributed by atoms with Crippen LogP contribution in [0.25, 0.3) is 6.08 Å². The number of aromatic hydroxyl groups is 1. The lowest BCUT2D eigenvalue weighted by atomic mass is 9.70. The number of benzene rings is 1. The van der Waals surface area contributed by atoms with Crippen molar-refractivity contribution in [2.75, 3.05) is 13.7 Å². The van der Waals surface area contributed by atoms with Crippen LogP contribution in [0, 0.1) is 17.8 Å². The van der Waals surface area contributed by atoms with E-state index in [1.807, 2.05) is 19.1 Å². The van der Waals surface area contributed by atoms with Gasteiger partial charge >= 0.3 is 6.09 Å². The topological polar surface area (TPSA) is 93.1 Å². The molecule has 7 nitrogen and oxygen atoms in total. The normalized spacial score (nSPS) is 27.6. The highest BCUT2D eigenvalue weighted by atomic mass is 16.5. The highest BCUT2D eigenvalue weighted by Gasteiger charge is 2.58. The van der Waals surface area contributed by atoms with Crippen molar-refractivity contribution >= 4 is 24.0 Å². The Morgan fingerprint density at radius 3 is 2.59 bits per heavy atom. The van der Waals surface area contributed by atoms with Crippen LogP contribution in [0.1, 0.15) is 45.1 Å². The van der Waals surface area contributed by atoms with Gasteiger partial charge in [-0.25, -0.2) is 4.79 Å². The van der Waals surface area contributed by atoms with Crippen LogP contribution in [-0.4, -0.2) is 47.7 Å². The molecule has 0 bridgehead atoms. The Bertz CT molecular complexity index is 992. The van der Waals surface area contributed by atoms with Gasteiger partial charge in [0.15, 0.2) is 0 Å². The molecule has 2 heterocycles. The highest BCUT2D eigenvalue weighted by molar-refractivity contribution is 6.16. The van der Waals surface area contributed by atoms with E-state index in [1.54, 1.807) is 12.1 Å². The van der Waals surface area contributed by atoms with Gasteiger partial charge in [0, 0.05) is 5.92 Å². The third-order valence-electron chi connectivity index (χ3n) is 6.96. The summed E-state index contributed by atoms with van der Waals surface area (Å²) in [5.74, 6) is -1.92. The second-order valence-corrected chi connectivity index (χ2v) is 8.77. The molecule has 1 N–H and O–H groups in total. The summed E-state index contributed by atoms with van der Waals surface area (Å²) in [7, 11) is 1.17. The molecule has 0 aromatic heterocycles. The number of carbonyl (C=O) groups is 3. The van der Waals surface area contributed by atoms with Gasteiger partial charge in [0.05, 0.1) is 31.7 Å². The van der Waals surface area contributed by atoms with Crippen molar-refractivity contribution in [1.82, 2.24) is 4.90 Å². The fourth-order valence-corrected chi connectivity index (χ4v) is 5.37. The van der Waals surface area contributed by atoms with Gasteiger partial charge in [-0.3, -0.25) is 9.59 Å². The molecule has 0 radical (unpaired) electrons. The minimum atomic E-state index is -0.906. The number of fused-ring (bicyclic) bond motifs is 3. The fourth-order valence-electron chi connectivity index (χ4n) is 5.37. The Morgan fingerprint density at radius 2 is 1.94 bits per heavy atom. The van der Waals surface area contributed by atoms with Crippen LogP contribution in [0.4, 0.5) is 4.79 Å². The second-order valence-electron chi connectivity index (χ2n) is 8.77. The molecule has 3 aliphatic rings. The van der Waals surface area contributed by atoms with Crippen LogP contribution >= 0.6 is 0 Å². The Labute approximate surface area is 187 Å². The molecule has 170 valence electrons. The monoisotopic (exact) mass is 439 g/mol. The van der Waals surface area contributed by atoms with Crippen molar-refractivity contribution < 1.29 is 29.0 Å². The molecule has 2 aliphatic heterocycles. The number of ether oxygens (including phenoxy) is 2. The number of amides is 3. The molecule has 4 rings (SSSR count). The molecule has 0 spiro atoms. The summed E-state index contributed by atoms with van der Waals surface area (Å²) in [5, 5.41) is 9.47. The van der Waals surface area contributed by atoms with Crippen molar-refractivity contribution in [2.45, 2.75) is 45.6 Å². The zero-order valence-electron chi connectivity index (χ0n) is 18.7. The Kier molecular flexibility index (Phi) is 6.20. The lowest BCUT2D eigenvalue weighted by molar-refractivity contribution is -0.137. The summed E-state index contributed by atoms with van der Waals surface area (Å²) in [6.45, 7) is 4.51. The van der Waals surface area contributed by atoms with Gasteiger partial charge in [-0.2, -0.15) is 4.90 Å². The Hall–Kier alpha value is -2.93. The highest BCUT2D eigenvalue weighted by Crippen LogP contribution is 2.49. The molecule has 4 atom stereocenters. The van der Waals surface area contributed by atoms with Crippen LogP contribution in [0.5, 0.6) is 5.75 Å². The van der Waals surface area contributed by atoms with Gasteiger partial charge in [-0.05, 0) is 55.9 Å². The van der Waals surface area contributed by atoms with Crippen molar-refractivity contribution in [3.8, 4) is 5.75 Å². The zero-order valence-corrected chi connectivity index (χ0v) is 18.7. The van der Waals surface area contributed by atoms with E-state index in [4.69, 9.17) is 4.74 Å². The number of methoxy groups -OCH3 is 1. The third kappa shape index (κ3) is 3.86. The molecule has 1 aromatic rings. The van der Waals surface area contributed by atoms with Crippen molar-refractivity contribution in [3.63, 3.8) is 0 Å². The molecule has 0 saturated carbocycles. The molecule has 1 aliphatic carbocycles. The zero-order chi connectivity index (χ0) is 23.0. The maximum Gasteiger partial charge on any atom is 0.423 e. The number of rotatable bonds is 5. The quantitative estimate of drug-likeness (QED) is 0.549. The molecule has 3 amide bonds. The van der Waals surface area contributed by atoms with Gasteiger partial charge in [0.25, 0.3) is 0 Å². The molecule has 2 saturated heterocycles. The minimum absolute atomic E-state index is 0.0919. The molecule has 32 heavy (non-hydrogen) atoms.